The molecule has 2 heterocycles. The van der Waals surface area contributed by atoms with Crippen molar-refractivity contribution in [2.45, 2.75) is 52.5 Å². The molecule has 1 aromatic carbocycles. The number of pyridine rings is 1. The standard InChI is InChI=1S/C24H27Cl2FN4/c1-24(2,3)15-8-10-16(11-9-15)29-19-14-20(31-13-5-12-28-31)30-23(26)22(19)21-17(25)6-4-7-18(21)27/h4-7,12-16H,8-11H2,1-3H3,(H,29,30). The minimum Gasteiger partial charge on any atom is -0.382 e. The molecule has 1 fully saturated rings. The lowest BCUT2D eigenvalue weighted by atomic mass is 9.71. The van der Waals surface area contributed by atoms with Gasteiger partial charge in [0, 0.05) is 41.3 Å². The Balaban J connectivity index is 1.73. The van der Waals surface area contributed by atoms with E-state index in [1.54, 1.807) is 29.2 Å². The van der Waals surface area contributed by atoms with Gasteiger partial charge in [-0.05, 0) is 55.2 Å². The molecule has 0 amide bonds. The van der Waals surface area contributed by atoms with Crippen LogP contribution in [0.1, 0.15) is 46.5 Å². The number of halogens is 3. The number of aromatic nitrogens is 3. The van der Waals surface area contributed by atoms with Gasteiger partial charge < -0.3 is 5.32 Å². The molecule has 1 aliphatic carbocycles. The van der Waals surface area contributed by atoms with E-state index in [9.17, 15) is 4.39 Å². The van der Waals surface area contributed by atoms with Crippen molar-refractivity contribution in [3.05, 3.63) is 58.7 Å². The van der Waals surface area contributed by atoms with Crippen LogP contribution in [0, 0.1) is 17.2 Å². The van der Waals surface area contributed by atoms with Crippen molar-refractivity contribution < 1.29 is 4.39 Å². The zero-order chi connectivity index (χ0) is 22.2. The van der Waals surface area contributed by atoms with Gasteiger partial charge in [0.2, 0.25) is 0 Å². The minimum absolute atomic E-state index is 0.186. The Morgan fingerprint density at radius 1 is 1.06 bits per heavy atom. The molecule has 164 valence electrons. The van der Waals surface area contributed by atoms with Gasteiger partial charge in [-0.25, -0.2) is 14.1 Å². The van der Waals surface area contributed by atoms with E-state index in [1.165, 1.54) is 6.07 Å². The lowest BCUT2D eigenvalue weighted by molar-refractivity contribution is 0.173. The summed E-state index contributed by atoms with van der Waals surface area (Å²) >= 11 is 13.0. The summed E-state index contributed by atoms with van der Waals surface area (Å²) < 4.78 is 16.5. The normalized spacial score (nSPS) is 19.4. The molecule has 0 aliphatic heterocycles. The van der Waals surface area contributed by atoms with E-state index in [4.69, 9.17) is 23.2 Å². The number of hydrogen-bond donors (Lipinski definition) is 1. The van der Waals surface area contributed by atoms with Crippen LogP contribution in [0.2, 0.25) is 10.2 Å². The molecule has 0 saturated heterocycles. The second kappa shape index (κ2) is 8.79. The van der Waals surface area contributed by atoms with Crippen molar-refractivity contribution >= 4 is 28.9 Å². The number of nitrogens with one attached hydrogen (secondary N) is 1. The number of nitrogens with zero attached hydrogens (tertiary/aromatic N) is 3. The summed E-state index contributed by atoms with van der Waals surface area (Å²) in [5, 5.41) is 8.37. The molecule has 31 heavy (non-hydrogen) atoms. The Morgan fingerprint density at radius 3 is 2.42 bits per heavy atom. The van der Waals surface area contributed by atoms with Crippen molar-refractivity contribution in [2.75, 3.05) is 5.32 Å². The molecule has 0 bridgehead atoms. The molecule has 7 heteroatoms. The SMILES string of the molecule is CC(C)(C)C1CCC(Nc2cc(-n3cccn3)nc(Cl)c2-c2c(F)cccc2Cl)CC1. The first kappa shape index (κ1) is 22.1. The highest BCUT2D eigenvalue weighted by atomic mass is 35.5. The van der Waals surface area contributed by atoms with Crippen molar-refractivity contribution in [3.8, 4) is 16.9 Å². The molecule has 2 aromatic heterocycles. The predicted molar refractivity (Wildman–Crippen MR) is 126 cm³/mol. The van der Waals surface area contributed by atoms with Crippen molar-refractivity contribution in [1.29, 1.82) is 0 Å². The highest BCUT2D eigenvalue weighted by molar-refractivity contribution is 6.36. The fourth-order valence-electron chi connectivity index (χ4n) is 4.43. The van der Waals surface area contributed by atoms with E-state index < -0.39 is 5.82 Å². The van der Waals surface area contributed by atoms with E-state index in [2.05, 4.69) is 36.2 Å². The number of hydrogen-bond acceptors (Lipinski definition) is 3. The van der Waals surface area contributed by atoms with Crippen LogP contribution >= 0.6 is 23.2 Å². The molecule has 4 rings (SSSR count). The van der Waals surface area contributed by atoms with E-state index in [1.807, 2.05) is 12.1 Å². The molecule has 4 nitrogen and oxygen atoms in total. The van der Waals surface area contributed by atoms with E-state index in [-0.39, 0.29) is 16.8 Å². The zero-order valence-corrected chi connectivity index (χ0v) is 19.5. The second-order valence-corrected chi connectivity index (χ2v) is 10.1. The minimum atomic E-state index is -0.428. The van der Waals surface area contributed by atoms with Crippen LogP contribution in [0.5, 0.6) is 0 Å². The molecule has 1 saturated carbocycles. The molecule has 0 radical (unpaired) electrons. The summed E-state index contributed by atoms with van der Waals surface area (Å²) in [5.74, 6) is 0.839. The van der Waals surface area contributed by atoms with Gasteiger partial charge in [-0.1, -0.05) is 50.0 Å². The third-order valence-electron chi connectivity index (χ3n) is 6.23. The first-order valence-electron chi connectivity index (χ1n) is 10.7. The van der Waals surface area contributed by atoms with Gasteiger partial charge in [-0.15, -0.1) is 0 Å². The predicted octanol–water partition coefficient (Wildman–Crippen LogP) is 7.40. The monoisotopic (exact) mass is 460 g/mol. The zero-order valence-electron chi connectivity index (χ0n) is 18.0. The first-order chi connectivity index (χ1) is 14.7. The summed E-state index contributed by atoms with van der Waals surface area (Å²) in [4.78, 5) is 4.47. The van der Waals surface area contributed by atoms with Crippen molar-refractivity contribution in [2.24, 2.45) is 11.3 Å². The lowest BCUT2D eigenvalue weighted by Crippen LogP contribution is -2.31. The van der Waals surface area contributed by atoms with Crippen LogP contribution in [-0.2, 0) is 0 Å². The van der Waals surface area contributed by atoms with Gasteiger partial charge in [0.25, 0.3) is 0 Å². The molecule has 1 aliphatic rings. The van der Waals surface area contributed by atoms with Crippen LogP contribution in [0.15, 0.2) is 42.7 Å². The molecule has 0 spiro atoms. The van der Waals surface area contributed by atoms with Gasteiger partial charge in [0.05, 0.1) is 5.02 Å². The van der Waals surface area contributed by atoms with Gasteiger partial charge in [0.15, 0.2) is 5.82 Å². The third kappa shape index (κ3) is 4.73. The molecule has 0 atom stereocenters. The average molecular weight is 461 g/mol. The van der Waals surface area contributed by atoms with E-state index in [0.717, 1.165) is 31.4 Å². The van der Waals surface area contributed by atoms with Crippen LogP contribution in [0.4, 0.5) is 10.1 Å². The smallest absolute Gasteiger partial charge is 0.157 e. The van der Waals surface area contributed by atoms with Gasteiger partial charge in [-0.2, -0.15) is 5.10 Å². The third-order valence-corrected chi connectivity index (χ3v) is 6.81. The van der Waals surface area contributed by atoms with Crippen LogP contribution < -0.4 is 5.32 Å². The molecular weight excluding hydrogens is 434 g/mol. The maximum atomic E-state index is 14.8. The first-order valence-corrected chi connectivity index (χ1v) is 11.4. The summed E-state index contributed by atoms with van der Waals surface area (Å²) in [7, 11) is 0. The van der Waals surface area contributed by atoms with Crippen LogP contribution in [0.25, 0.3) is 16.9 Å². The molecule has 1 N–H and O–H groups in total. The largest absolute Gasteiger partial charge is 0.382 e. The summed E-state index contributed by atoms with van der Waals surface area (Å²) in [6, 6.07) is 8.59. The Labute approximate surface area is 192 Å². The number of benzene rings is 1. The quantitative estimate of drug-likeness (QED) is 0.412. The Hall–Kier alpha value is -2.11. The maximum absolute atomic E-state index is 14.8. The number of rotatable bonds is 4. The van der Waals surface area contributed by atoms with E-state index >= 15 is 0 Å². The van der Waals surface area contributed by atoms with Gasteiger partial charge in [0.1, 0.15) is 11.0 Å². The average Bonchev–Trinajstić information content (AvgIpc) is 3.24. The molecule has 0 unspecified atom stereocenters. The maximum Gasteiger partial charge on any atom is 0.157 e. The summed E-state index contributed by atoms with van der Waals surface area (Å²) in [6.45, 7) is 6.92. The van der Waals surface area contributed by atoms with Crippen molar-refractivity contribution in [1.82, 2.24) is 14.8 Å². The molecular formula is C24H27Cl2FN4. The number of anilines is 1. The highest BCUT2D eigenvalue weighted by Crippen LogP contribution is 2.43. The Morgan fingerprint density at radius 2 is 1.81 bits per heavy atom. The fraction of sp³-hybridized carbons (Fsp3) is 0.417. The summed E-state index contributed by atoms with van der Waals surface area (Å²) in [5.41, 5.74) is 1.78. The van der Waals surface area contributed by atoms with Crippen LogP contribution in [0.3, 0.4) is 0 Å². The highest BCUT2D eigenvalue weighted by Gasteiger charge is 2.30. The topological polar surface area (TPSA) is 42.7 Å². The molecule has 3 aromatic rings. The lowest BCUT2D eigenvalue weighted by Gasteiger charge is -2.37. The second-order valence-electron chi connectivity index (χ2n) is 9.30. The van der Waals surface area contributed by atoms with E-state index in [0.29, 0.717) is 27.7 Å². The van der Waals surface area contributed by atoms with Gasteiger partial charge >= 0.3 is 0 Å². The van der Waals surface area contributed by atoms with Crippen LogP contribution in [-0.4, -0.2) is 20.8 Å². The Kier molecular flexibility index (Phi) is 6.27. The summed E-state index contributed by atoms with van der Waals surface area (Å²) in [6.07, 6.45) is 7.88. The van der Waals surface area contributed by atoms with Gasteiger partial charge in [-0.3, -0.25) is 0 Å². The van der Waals surface area contributed by atoms with Crippen molar-refractivity contribution in [3.63, 3.8) is 0 Å². The fourth-order valence-corrected chi connectivity index (χ4v) is 4.98. The Bertz CT molecular complexity index is 1030.